The molecule has 0 aliphatic heterocycles. The van der Waals surface area contributed by atoms with Crippen molar-refractivity contribution in [2.75, 3.05) is 6.26 Å². The van der Waals surface area contributed by atoms with Gasteiger partial charge in [-0.3, -0.25) is 0 Å². The third-order valence-corrected chi connectivity index (χ3v) is 5.28. The SMILES string of the molecule is CSc1cccc(-c2ccc3c(c2)CC(C)(C)C3NC(=O)O)c1. The van der Waals surface area contributed by atoms with Crippen LogP contribution in [0.3, 0.4) is 0 Å². The average molecular weight is 327 g/mol. The van der Waals surface area contributed by atoms with Gasteiger partial charge in [0.1, 0.15) is 0 Å². The van der Waals surface area contributed by atoms with Crippen molar-refractivity contribution in [3.63, 3.8) is 0 Å². The van der Waals surface area contributed by atoms with Gasteiger partial charge in [0.15, 0.2) is 0 Å². The molecule has 2 aromatic carbocycles. The van der Waals surface area contributed by atoms with Crippen LogP contribution in [-0.4, -0.2) is 17.5 Å². The fourth-order valence-corrected chi connectivity index (χ4v) is 3.89. The molecule has 1 atom stereocenters. The fourth-order valence-electron chi connectivity index (χ4n) is 3.43. The second-order valence-electron chi connectivity index (χ2n) is 6.69. The van der Waals surface area contributed by atoms with Crippen LogP contribution in [0.25, 0.3) is 11.1 Å². The van der Waals surface area contributed by atoms with Gasteiger partial charge in [-0.05, 0) is 52.5 Å². The average Bonchev–Trinajstić information content (AvgIpc) is 2.76. The summed E-state index contributed by atoms with van der Waals surface area (Å²) >= 11 is 1.73. The van der Waals surface area contributed by atoms with Crippen molar-refractivity contribution in [1.29, 1.82) is 0 Å². The second kappa shape index (κ2) is 5.93. The first-order chi connectivity index (χ1) is 10.9. The molecular weight excluding hydrogens is 306 g/mol. The van der Waals surface area contributed by atoms with E-state index in [1.165, 1.54) is 21.6 Å². The van der Waals surface area contributed by atoms with Crippen molar-refractivity contribution >= 4 is 17.9 Å². The molecule has 0 heterocycles. The minimum Gasteiger partial charge on any atom is -0.465 e. The highest BCUT2D eigenvalue weighted by Gasteiger charge is 2.39. The molecule has 0 saturated heterocycles. The number of hydrogen-bond acceptors (Lipinski definition) is 2. The largest absolute Gasteiger partial charge is 0.465 e. The standard InChI is InChI=1S/C19H21NO2S/c1-19(2)11-14-9-13(12-5-4-6-15(10-12)23-3)7-8-16(14)17(19)20-18(21)22/h4-10,17,20H,11H2,1-3H3,(H,21,22). The Morgan fingerprint density at radius 3 is 2.65 bits per heavy atom. The molecule has 120 valence electrons. The van der Waals surface area contributed by atoms with Gasteiger partial charge in [0, 0.05) is 4.90 Å². The molecule has 2 N–H and O–H groups in total. The van der Waals surface area contributed by atoms with E-state index in [1.807, 2.05) is 0 Å². The topological polar surface area (TPSA) is 49.3 Å². The Kier molecular flexibility index (Phi) is 4.11. The van der Waals surface area contributed by atoms with Crippen molar-refractivity contribution < 1.29 is 9.90 Å². The second-order valence-corrected chi connectivity index (χ2v) is 7.57. The quantitative estimate of drug-likeness (QED) is 0.783. The highest BCUT2D eigenvalue weighted by atomic mass is 32.2. The van der Waals surface area contributed by atoms with Crippen LogP contribution < -0.4 is 5.32 Å². The van der Waals surface area contributed by atoms with E-state index >= 15 is 0 Å². The van der Waals surface area contributed by atoms with Crippen LogP contribution in [0.4, 0.5) is 4.79 Å². The van der Waals surface area contributed by atoms with Crippen molar-refractivity contribution in [2.45, 2.75) is 31.2 Å². The molecule has 0 radical (unpaired) electrons. The van der Waals surface area contributed by atoms with Gasteiger partial charge in [0.25, 0.3) is 0 Å². The van der Waals surface area contributed by atoms with Crippen LogP contribution in [0.1, 0.15) is 31.0 Å². The van der Waals surface area contributed by atoms with E-state index in [9.17, 15) is 4.79 Å². The summed E-state index contributed by atoms with van der Waals surface area (Å²) in [6.07, 6.45) is 1.99. The number of carbonyl (C=O) groups is 1. The maximum atomic E-state index is 11.1. The van der Waals surface area contributed by atoms with Gasteiger partial charge in [0.05, 0.1) is 6.04 Å². The smallest absolute Gasteiger partial charge is 0.405 e. The first kappa shape index (κ1) is 15.9. The van der Waals surface area contributed by atoms with Crippen LogP contribution in [-0.2, 0) is 6.42 Å². The molecule has 4 heteroatoms. The summed E-state index contributed by atoms with van der Waals surface area (Å²) in [5, 5.41) is 11.8. The molecule has 0 bridgehead atoms. The number of thioether (sulfide) groups is 1. The Labute approximate surface area is 141 Å². The zero-order chi connectivity index (χ0) is 16.6. The Hall–Kier alpha value is -1.94. The molecule has 3 nitrogen and oxygen atoms in total. The van der Waals surface area contributed by atoms with E-state index in [4.69, 9.17) is 5.11 Å². The Morgan fingerprint density at radius 2 is 1.96 bits per heavy atom. The zero-order valence-corrected chi connectivity index (χ0v) is 14.4. The molecule has 0 spiro atoms. The van der Waals surface area contributed by atoms with E-state index in [-0.39, 0.29) is 11.5 Å². The van der Waals surface area contributed by atoms with E-state index in [1.54, 1.807) is 11.8 Å². The number of fused-ring (bicyclic) bond motifs is 1. The van der Waals surface area contributed by atoms with Crippen LogP contribution >= 0.6 is 11.8 Å². The lowest BCUT2D eigenvalue weighted by molar-refractivity contribution is 0.175. The minimum absolute atomic E-state index is 0.111. The van der Waals surface area contributed by atoms with Gasteiger partial charge >= 0.3 is 6.09 Å². The predicted octanol–water partition coefficient (Wildman–Crippen LogP) is 4.97. The van der Waals surface area contributed by atoms with Gasteiger partial charge in [0.2, 0.25) is 0 Å². The Balaban J connectivity index is 1.99. The van der Waals surface area contributed by atoms with Gasteiger partial charge in [-0.25, -0.2) is 4.79 Å². The number of nitrogens with one attached hydrogen (secondary N) is 1. The molecule has 0 aromatic heterocycles. The summed E-state index contributed by atoms with van der Waals surface area (Å²) < 4.78 is 0. The summed E-state index contributed by atoms with van der Waals surface area (Å²) in [6, 6.07) is 14.7. The van der Waals surface area contributed by atoms with Crippen LogP contribution in [0.15, 0.2) is 47.4 Å². The third-order valence-electron chi connectivity index (χ3n) is 4.55. The van der Waals surface area contributed by atoms with Gasteiger partial charge in [-0.2, -0.15) is 0 Å². The monoisotopic (exact) mass is 327 g/mol. The van der Waals surface area contributed by atoms with E-state index in [2.05, 4.69) is 67.9 Å². The van der Waals surface area contributed by atoms with Crippen molar-refractivity contribution in [1.82, 2.24) is 5.32 Å². The first-order valence-corrected chi connectivity index (χ1v) is 8.90. The maximum Gasteiger partial charge on any atom is 0.405 e. The first-order valence-electron chi connectivity index (χ1n) is 7.67. The lowest BCUT2D eigenvalue weighted by atomic mass is 9.85. The van der Waals surface area contributed by atoms with Crippen LogP contribution in [0.5, 0.6) is 0 Å². The number of amides is 1. The molecule has 0 saturated carbocycles. The van der Waals surface area contributed by atoms with E-state index in [0.717, 1.165) is 12.0 Å². The summed E-state index contributed by atoms with van der Waals surface area (Å²) in [4.78, 5) is 12.3. The minimum atomic E-state index is -0.965. The molecular formula is C19H21NO2S. The fraction of sp³-hybridized carbons (Fsp3) is 0.316. The van der Waals surface area contributed by atoms with Crippen LogP contribution in [0.2, 0.25) is 0 Å². The molecule has 1 unspecified atom stereocenters. The molecule has 0 fully saturated rings. The maximum absolute atomic E-state index is 11.1. The molecule has 23 heavy (non-hydrogen) atoms. The van der Waals surface area contributed by atoms with Gasteiger partial charge in [-0.15, -0.1) is 11.8 Å². The van der Waals surface area contributed by atoms with E-state index in [0.29, 0.717) is 0 Å². The molecule has 1 aliphatic rings. The highest BCUT2D eigenvalue weighted by Crippen LogP contribution is 2.46. The molecule has 1 amide bonds. The molecule has 1 aliphatic carbocycles. The van der Waals surface area contributed by atoms with Crippen molar-refractivity contribution in [3.8, 4) is 11.1 Å². The summed E-state index contributed by atoms with van der Waals surface area (Å²) in [6.45, 7) is 4.23. The Bertz CT molecular complexity index is 755. The van der Waals surface area contributed by atoms with Gasteiger partial charge < -0.3 is 10.4 Å². The lowest BCUT2D eigenvalue weighted by Crippen LogP contribution is -2.34. The molecule has 3 rings (SSSR count). The molecule has 2 aromatic rings. The Morgan fingerprint density at radius 1 is 1.22 bits per heavy atom. The van der Waals surface area contributed by atoms with Crippen LogP contribution in [0, 0.1) is 5.41 Å². The van der Waals surface area contributed by atoms with Gasteiger partial charge in [-0.1, -0.05) is 44.2 Å². The number of hydrogen-bond donors (Lipinski definition) is 2. The number of benzene rings is 2. The summed E-state index contributed by atoms with van der Waals surface area (Å²) in [5.74, 6) is 0. The number of carboxylic acid groups (broad SMARTS) is 1. The predicted molar refractivity (Wildman–Crippen MR) is 95.0 cm³/mol. The summed E-state index contributed by atoms with van der Waals surface area (Å²) in [7, 11) is 0. The lowest BCUT2D eigenvalue weighted by Gasteiger charge is -2.27. The van der Waals surface area contributed by atoms with Crippen molar-refractivity contribution in [2.24, 2.45) is 5.41 Å². The van der Waals surface area contributed by atoms with E-state index < -0.39 is 6.09 Å². The summed E-state index contributed by atoms with van der Waals surface area (Å²) in [5.41, 5.74) is 4.61. The van der Waals surface area contributed by atoms with Crippen molar-refractivity contribution in [3.05, 3.63) is 53.6 Å². The highest BCUT2D eigenvalue weighted by molar-refractivity contribution is 7.98. The normalized spacial score (nSPS) is 18.5. The third kappa shape index (κ3) is 3.08. The zero-order valence-electron chi connectivity index (χ0n) is 13.6. The number of rotatable bonds is 3.